The summed E-state index contributed by atoms with van der Waals surface area (Å²) in [6.45, 7) is 18.8. The standard InChI is InChI=1S/C41H52O8/c1-26(17-18-34-28(3)36(47-30(5)43)35(46-29(4)42)25-38(34,6)7)15-13-11-12-14-16-27(2)21-32-22-31(37(44)48-32)19-20-41-39(8,9)23-33(49-41)24-40(41,10)45/h11-22,33,35-36,45H,23-25H2,1-10H3/b13-11+,14-12+,18-17+,20-19+,26-15+,27-16+,32-21-/t33-,35-,36+,40+,41+/m0/s1. The van der Waals surface area contributed by atoms with E-state index in [2.05, 4.69) is 27.7 Å². The van der Waals surface area contributed by atoms with E-state index in [1.54, 1.807) is 12.2 Å². The zero-order valence-electron chi connectivity index (χ0n) is 30.6. The van der Waals surface area contributed by atoms with Crippen molar-refractivity contribution in [3.63, 3.8) is 0 Å². The zero-order chi connectivity index (χ0) is 36.4. The summed E-state index contributed by atoms with van der Waals surface area (Å²) >= 11 is 0. The Hall–Kier alpha value is -4.01. The van der Waals surface area contributed by atoms with Gasteiger partial charge >= 0.3 is 17.9 Å². The number of rotatable bonds is 10. The van der Waals surface area contributed by atoms with Gasteiger partial charge in [0, 0.05) is 25.7 Å². The molecule has 2 bridgehead atoms. The molecule has 49 heavy (non-hydrogen) atoms. The van der Waals surface area contributed by atoms with Crippen LogP contribution in [0.2, 0.25) is 0 Å². The first-order valence-electron chi connectivity index (χ1n) is 16.9. The molecule has 4 rings (SSSR count). The molecule has 0 aromatic heterocycles. The highest BCUT2D eigenvalue weighted by atomic mass is 16.6. The van der Waals surface area contributed by atoms with Crippen molar-refractivity contribution < 1.29 is 38.4 Å². The van der Waals surface area contributed by atoms with Crippen LogP contribution in [-0.4, -0.2) is 52.5 Å². The topological polar surface area (TPSA) is 108 Å². The van der Waals surface area contributed by atoms with Crippen molar-refractivity contribution in [2.75, 3.05) is 0 Å². The Balaban J connectivity index is 1.38. The fourth-order valence-electron chi connectivity index (χ4n) is 7.78. The summed E-state index contributed by atoms with van der Waals surface area (Å²) < 4.78 is 22.8. The molecule has 0 saturated carbocycles. The van der Waals surface area contributed by atoms with Gasteiger partial charge in [-0.3, -0.25) is 9.59 Å². The van der Waals surface area contributed by atoms with Gasteiger partial charge in [-0.2, -0.15) is 0 Å². The van der Waals surface area contributed by atoms with E-state index >= 15 is 0 Å². The Morgan fingerprint density at radius 3 is 2.10 bits per heavy atom. The molecule has 0 amide bonds. The molecule has 0 radical (unpaired) electrons. The lowest BCUT2D eigenvalue weighted by atomic mass is 9.61. The van der Waals surface area contributed by atoms with E-state index in [-0.39, 0.29) is 16.9 Å². The first kappa shape index (κ1) is 37.8. The fourth-order valence-corrected chi connectivity index (χ4v) is 7.78. The minimum absolute atomic E-state index is 0.0122. The molecule has 0 unspecified atom stereocenters. The molecule has 264 valence electrons. The highest BCUT2D eigenvalue weighted by Gasteiger charge is 2.67. The number of ether oxygens (including phenoxy) is 4. The van der Waals surface area contributed by atoms with Crippen LogP contribution in [0.5, 0.6) is 0 Å². The van der Waals surface area contributed by atoms with Gasteiger partial charge in [-0.05, 0) is 87.0 Å². The van der Waals surface area contributed by atoms with E-state index in [1.165, 1.54) is 13.8 Å². The number of aliphatic hydroxyl groups is 1. The minimum Gasteiger partial charge on any atom is -0.458 e. The van der Waals surface area contributed by atoms with Gasteiger partial charge < -0.3 is 24.1 Å². The smallest absolute Gasteiger partial charge is 0.343 e. The third kappa shape index (κ3) is 8.42. The maximum atomic E-state index is 12.6. The Labute approximate surface area is 291 Å². The second kappa shape index (κ2) is 14.5. The van der Waals surface area contributed by atoms with Gasteiger partial charge in [0.15, 0.2) is 6.10 Å². The van der Waals surface area contributed by atoms with Gasteiger partial charge in [-0.15, -0.1) is 0 Å². The summed E-state index contributed by atoms with van der Waals surface area (Å²) in [4.78, 5) is 36.1. The van der Waals surface area contributed by atoms with Crippen molar-refractivity contribution in [1.82, 2.24) is 0 Å². The summed E-state index contributed by atoms with van der Waals surface area (Å²) in [6.07, 6.45) is 23.6. The van der Waals surface area contributed by atoms with Gasteiger partial charge in [-0.1, -0.05) is 81.9 Å². The van der Waals surface area contributed by atoms with Crippen molar-refractivity contribution in [2.24, 2.45) is 10.8 Å². The fraction of sp³-hybridized carbons (Fsp3) is 0.488. The Morgan fingerprint density at radius 2 is 1.51 bits per heavy atom. The number of fused-ring (bicyclic) bond motifs is 2. The quantitative estimate of drug-likeness (QED) is 0.142. The van der Waals surface area contributed by atoms with Gasteiger partial charge in [0.1, 0.15) is 17.5 Å². The number of esters is 3. The summed E-state index contributed by atoms with van der Waals surface area (Å²) in [6, 6.07) is 0. The van der Waals surface area contributed by atoms with Crippen LogP contribution in [0.15, 0.2) is 107 Å². The van der Waals surface area contributed by atoms with Crippen LogP contribution < -0.4 is 0 Å². The van der Waals surface area contributed by atoms with Crippen molar-refractivity contribution in [2.45, 2.75) is 118 Å². The van der Waals surface area contributed by atoms with Crippen LogP contribution in [0, 0.1) is 10.8 Å². The van der Waals surface area contributed by atoms with E-state index in [9.17, 15) is 19.5 Å². The van der Waals surface area contributed by atoms with Gasteiger partial charge in [0.05, 0.1) is 17.3 Å². The molecule has 0 spiro atoms. The predicted octanol–water partition coefficient (Wildman–Crippen LogP) is 7.79. The summed E-state index contributed by atoms with van der Waals surface area (Å²) in [7, 11) is 0. The molecule has 4 aliphatic rings. The molecule has 2 saturated heterocycles. The maximum absolute atomic E-state index is 12.6. The molecule has 1 aliphatic carbocycles. The molecule has 5 atom stereocenters. The molecular formula is C41H52O8. The average molecular weight is 673 g/mol. The molecule has 3 heterocycles. The minimum atomic E-state index is -1.01. The lowest BCUT2D eigenvalue weighted by Crippen LogP contribution is -2.56. The second-order valence-corrected chi connectivity index (χ2v) is 15.2. The SMILES string of the molecule is CC(=O)O[C@H]1CC(C)(C)C(/C=C/C(C)=C/C=C/C=C/C=C(C)/C=C2C=C(/C=C/[C@@]34O[C@@H](CC3(C)C)C[C@@]4(C)O)C(=O)O/2)=C(C)[C@H]1OC(C)=O. The first-order chi connectivity index (χ1) is 22.8. The highest BCUT2D eigenvalue weighted by molar-refractivity contribution is 5.95. The van der Waals surface area contributed by atoms with Crippen LogP contribution in [0.1, 0.15) is 88.5 Å². The number of hydrogen-bond donors (Lipinski definition) is 1. The maximum Gasteiger partial charge on any atom is 0.343 e. The van der Waals surface area contributed by atoms with Crippen LogP contribution in [-0.2, 0) is 33.3 Å². The van der Waals surface area contributed by atoms with Crippen LogP contribution in [0.4, 0.5) is 0 Å². The van der Waals surface area contributed by atoms with Gasteiger partial charge in [-0.25, -0.2) is 4.79 Å². The molecule has 0 aromatic rings. The van der Waals surface area contributed by atoms with Gasteiger partial charge in [0.25, 0.3) is 0 Å². The van der Waals surface area contributed by atoms with Crippen molar-refractivity contribution in [3.05, 3.63) is 107 Å². The summed E-state index contributed by atoms with van der Waals surface area (Å²) in [5.74, 6) is -0.789. The first-order valence-corrected chi connectivity index (χ1v) is 16.9. The number of hydrogen-bond acceptors (Lipinski definition) is 8. The van der Waals surface area contributed by atoms with E-state index in [1.807, 2.05) is 88.5 Å². The van der Waals surface area contributed by atoms with Crippen molar-refractivity contribution >= 4 is 17.9 Å². The lowest BCUT2D eigenvalue weighted by Gasteiger charge is -2.46. The van der Waals surface area contributed by atoms with Crippen LogP contribution >= 0.6 is 0 Å². The number of carbonyl (C=O) groups excluding carboxylic acids is 3. The summed E-state index contributed by atoms with van der Waals surface area (Å²) in [5, 5.41) is 11.1. The molecule has 1 N–H and O–H groups in total. The molecule has 3 aliphatic heterocycles. The number of cyclic esters (lactones) is 1. The third-order valence-corrected chi connectivity index (χ3v) is 9.94. The van der Waals surface area contributed by atoms with Crippen LogP contribution in [0.25, 0.3) is 0 Å². The third-order valence-electron chi connectivity index (χ3n) is 9.94. The Kier molecular flexibility index (Phi) is 11.2. The van der Waals surface area contributed by atoms with Crippen LogP contribution in [0.3, 0.4) is 0 Å². The number of carbonyl (C=O) groups is 3. The Bertz CT molecular complexity index is 1610. The molecule has 0 aromatic carbocycles. The summed E-state index contributed by atoms with van der Waals surface area (Å²) in [5.41, 5.74) is 1.86. The lowest BCUT2D eigenvalue weighted by molar-refractivity contribution is -0.165. The monoisotopic (exact) mass is 672 g/mol. The van der Waals surface area contributed by atoms with E-state index in [4.69, 9.17) is 18.9 Å². The molecule has 8 heteroatoms. The average Bonchev–Trinajstić information content (AvgIpc) is 3.53. The predicted molar refractivity (Wildman–Crippen MR) is 190 cm³/mol. The Morgan fingerprint density at radius 1 is 0.878 bits per heavy atom. The van der Waals surface area contributed by atoms with Crippen molar-refractivity contribution in [3.8, 4) is 0 Å². The van der Waals surface area contributed by atoms with E-state index < -0.39 is 41.3 Å². The second-order valence-electron chi connectivity index (χ2n) is 15.2. The van der Waals surface area contributed by atoms with Crippen molar-refractivity contribution in [1.29, 1.82) is 0 Å². The molecular weight excluding hydrogens is 620 g/mol. The molecule has 2 fully saturated rings. The normalized spacial score (nSPS) is 32.3. The van der Waals surface area contributed by atoms with E-state index in [0.29, 0.717) is 24.2 Å². The zero-order valence-corrected chi connectivity index (χ0v) is 30.6. The van der Waals surface area contributed by atoms with Gasteiger partial charge in [0.2, 0.25) is 0 Å². The number of allylic oxidation sites excluding steroid dienone is 13. The largest absolute Gasteiger partial charge is 0.458 e. The highest BCUT2D eigenvalue weighted by Crippen LogP contribution is 2.60. The molecule has 8 nitrogen and oxygen atoms in total. The van der Waals surface area contributed by atoms with E-state index in [0.717, 1.165) is 28.7 Å².